The average molecular weight is 633 g/mol. The number of nitrogens with zero attached hydrogens (tertiary/aromatic N) is 2. The second-order valence-corrected chi connectivity index (χ2v) is 12.8. The maximum absolute atomic E-state index is 13.8. The smallest absolute Gasteiger partial charge is 0.243 e. The van der Waals surface area contributed by atoms with Gasteiger partial charge in [-0.2, -0.15) is 0 Å². The van der Waals surface area contributed by atoms with Crippen LogP contribution in [0.25, 0.3) is 0 Å². The van der Waals surface area contributed by atoms with Crippen molar-refractivity contribution in [3.05, 3.63) is 71.3 Å². The van der Waals surface area contributed by atoms with Gasteiger partial charge in [-0.25, -0.2) is 0 Å². The number of benzene rings is 2. The summed E-state index contributed by atoms with van der Waals surface area (Å²) in [5.74, 6) is -2.06. The fourth-order valence-electron chi connectivity index (χ4n) is 5.94. The molecule has 2 aromatic rings. The van der Waals surface area contributed by atoms with Crippen LogP contribution in [0, 0.1) is 5.92 Å². The molecule has 0 bridgehead atoms. The lowest BCUT2D eigenvalue weighted by molar-refractivity contribution is -0.138. The molecule has 5 amide bonds. The standard InChI is InChI=1S/C35H48N6O5/c1-5-28-20-41(32(43)22-40-16-15-26-13-9-10-14-27(26)19-40)21-31(42)36-24(4)33(44)38-29(17-23(2)3)35(46)39-30(34(45)37-28)18-25-11-7-6-8-12-25/h6-14,23-24,28-30H,5,15-22H2,1-4H3,(H,36,42)(H,37,45)(H,38,44)(H,39,46)/t24-,28+,29+,30+/m1/s1. The van der Waals surface area contributed by atoms with E-state index in [4.69, 9.17) is 0 Å². The van der Waals surface area contributed by atoms with Crippen molar-refractivity contribution in [1.29, 1.82) is 0 Å². The van der Waals surface area contributed by atoms with Crippen LogP contribution in [0.15, 0.2) is 54.6 Å². The first kappa shape index (κ1) is 34.6. The molecule has 0 aliphatic carbocycles. The minimum Gasteiger partial charge on any atom is -0.350 e. The van der Waals surface area contributed by atoms with E-state index in [9.17, 15) is 24.0 Å². The van der Waals surface area contributed by atoms with Crippen molar-refractivity contribution in [3.8, 4) is 0 Å². The van der Waals surface area contributed by atoms with E-state index in [1.54, 1.807) is 6.92 Å². The summed E-state index contributed by atoms with van der Waals surface area (Å²) in [6.45, 7) is 8.61. The quantitative estimate of drug-likeness (QED) is 0.365. The Bertz CT molecular complexity index is 1380. The number of rotatable bonds is 7. The predicted molar refractivity (Wildman–Crippen MR) is 175 cm³/mol. The van der Waals surface area contributed by atoms with E-state index in [1.165, 1.54) is 16.0 Å². The second kappa shape index (κ2) is 16.4. The first-order valence-electron chi connectivity index (χ1n) is 16.3. The van der Waals surface area contributed by atoms with Gasteiger partial charge in [0, 0.05) is 32.1 Å². The molecule has 0 radical (unpaired) electrons. The van der Waals surface area contributed by atoms with Crippen molar-refractivity contribution < 1.29 is 24.0 Å². The van der Waals surface area contributed by atoms with Gasteiger partial charge in [0.2, 0.25) is 29.5 Å². The number of hydrogen-bond acceptors (Lipinski definition) is 6. The van der Waals surface area contributed by atoms with Crippen LogP contribution in [0.4, 0.5) is 0 Å². The van der Waals surface area contributed by atoms with E-state index in [2.05, 4.69) is 38.3 Å². The van der Waals surface area contributed by atoms with Crippen LogP contribution in [0.5, 0.6) is 0 Å². The minimum absolute atomic E-state index is 0.0712. The molecule has 46 heavy (non-hydrogen) atoms. The number of carbonyl (C=O) groups excluding carboxylic acids is 5. The highest BCUT2D eigenvalue weighted by molar-refractivity contribution is 5.95. The van der Waals surface area contributed by atoms with Crippen LogP contribution < -0.4 is 21.3 Å². The molecule has 2 aromatic carbocycles. The van der Waals surface area contributed by atoms with Crippen molar-refractivity contribution in [3.63, 3.8) is 0 Å². The Morgan fingerprint density at radius 1 is 0.826 bits per heavy atom. The molecular formula is C35H48N6O5. The Balaban J connectivity index is 1.59. The molecule has 0 unspecified atom stereocenters. The van der Waals surface area contributed by atoms with Gasteiger partial charge in [0.1, 0.15) is 18.1 Å². The van der Waals surface area contributed by atoms with Crippen molar-refractivity contribution in [1.82, 2.24) is 31.1 Å². The molecule has 11 heteroatoms. The summed E-state index contributed by atoms with van der Waals surface area (Å²) in [6.07, 6.45) is 1.91. The third-order valence-electron chi connectivity index (χ3n) is 8.56. The van der Waals surface area contributed by atoms with Crippen LogP contribution >= 0.6 is 0 Å². The van der Waals surface area contributed by atoms with Crippen LogP contribution in [0.3, 0.4) is 0 Å². The number of fused-ring (bicyclic) bond motifs is 1. The van der Waals surface area contributed by atoms with Gasteiger partial charge in [-0.1, -0.05) is 75.4 Å². The number of carbonyl (C=O) groups is 5. The van der Waals surface area contributed by atoms with Gasteiger partial charge in [0.25, 0.3) is 0 Å². The SMILES string of the molecule is CC[C@H]1CN(C(=O)CN2CCc3ccccc3C2)CC(=O)N[C@H](C)C(=O)N[C@@H](CC(C)C)C(=O)N[C@@H](Cc2ccccc2)C(=O)N1. The van der Waals surface area contributed by atoms with E-state index >= 15 is 0 Å². The predicted octanol–water partition coefficient (Wildman–Crippen LogP) is 1.54. The third kappa shape index (κ3) is 9.87. The summed E-state index contributed by atoms with van der Waals surface area (Å²) in [4.78, 5) is 71.0. The number of amides is 5. The maximum Gasteiger partial charge on any atom is 0.243 e. The molecule has 1 saturated heterocycles. The fraction of sp³-hybridized carbons (Fsp3) is 0.514. The van der Waals surface area contributed by atoms with E-state index < -0.39 is 47.8 Å². The third-order valence-corrected chi connectivity index (χ3v) is 8.56. The fourth-order valence-corrected chi connectivity index (χ4v) is 5.94. The van der Waals surface area contributed by atoms with Crippen LogP contribution in [0.1, 0.15) is 57.2 Å². The van der Waals surface area contributed by atoms with Crippen molar-refractivity contribution in [2.24, 2.45) is 5.92 Å². The Kier molecular flexibility index (Phi) is 12.3. The van der Waals surface area contributed by atoms with Gasteiger partial charge in [0.15, 0.2) is 0 Å². The lowest BCUT2D eigenvalue weighted by Gasteiger charge is -2.32. The zero-order valence-electron chi connectivity index (χ0n) is 27.4. The van der Waals surface area contributed by atoms with Gasteiger partial charge in [-0.3, -0.25) is 28.9 Å². The topological polar surface area (TPSA) is 140 Å². The maximum atomic E-state index is 13.8. The van der Waals surface area contributed by atoms with Gasteiger partial charge >= 0.3 is 0 Å². The van der Waals surface area contributed by atoms with Gasteiger partial charge in [-0.15, -0.1) is 0 Å². The van der Waals surface area contributed by atoms with Crippen molar-refractivity contribution in [2.75, 3.05) is 26.2 Å². The minimum atomic E-state index is -0.947. The summed E-state index contributed by atoms with van der Waals surface area (Å²) >= 11 is 0. The number of nitrogens with one attached hydrogen (secondary N) is 4. The Morgan fingerprint density at radius 3 is 2.17 bits per heavy atom. The first-order valence-corrected chi connectivity index (χ1v) is 16.3. The van der Waals surface area contributed by atoms with Gasteiger partial charge in [-0.05, 0) is 48.8 Å². The molecule has 2 aliphatic rings. The summed E-state index contributed by atoms with van der Waals surface area (Å²) in [7, 11) is 0. The summed E-state index contributed by atoms with van der Waals surface area (Å²) < 4.78 is 0. The van der Waals surface area contributed by atoms with Crippen LogP contribution in [-0.2, 0) is 43.4 Å². The molecule has 1 fully saturated rings. The van der Waals surface area contributed by atoms with Crippen LogP contribution in [0.2, 0.25) is 0 Å². The Morgan fingerprint density at radius 2 is 1.48 bits per heavy atom. The monoisotopic (exact) mass is 632 g/mol. The largest absolute Gasteiger partial charge is 0.350 e. The molecule has 2 aliphatic heterocycles. The lowest BCUT2D eigenvalue weighted by atomic mass is 10.00. The van der Waals surface area contributed by atoms with Crippen molar-refractivity contribution in [2.45, 2.75) is 84.1 Å². The van der Waals surface area contributed by atoms with E-state index in [1.807, 2.05) is 63.2 Å². The molecule has 0 spiro atoms. The molecule has 4 rings (SSSR count). The highest BCUT2D eigenvalue weighted by atomic mass is 16.2. The normalized spacial score (nSPS) is 23.7. The highest BCUT2D eigenvalue weighted by Gasteiger charge is 2.32. The molecular weight excluding hydrogens is 584 g/mol. The van der Waals surface area contributed by atoms with Gasteiger partial charge < -0.3 is 26.2 Å². The van der Waals surface area contributed by atoms with E-state index in [0.717, 1.165) is 12.0 Å². The lowest BCUT2D eigenvalue weighted by Crippen LogP contribution is -2.57. The molecule has 248 valence electrons. The summed E-state index contributed by atoms with van der Waals surface area (Å²) in [5, 5.41) is 11.4. The summed E-state index contributed by atoms with van der Waals surface area (Å²) in [6, 6.07) is 14.3. The van der Waals surface area contributed by atoms with Gasteiger partial charge in [0.05, 0.1) is 13.1 Å². The molecule has 0 aromatic heterocycles. The van der Waals surface area contributed by atoms with Crippen LogP contribution in [-0.4, -0.2) is 89.7 Å². The Labute approximate surface area is 271 Å². The molecule has 0 saturated carbocycles. The zero-order chi connectivity index (χ0) is 33.2. The van der Waals surface area contributed by atoms with E-state index in [-0.39, 0.29) is 37.9 Å². The second-order valence-electron chi connectivity index (χ2n) is 12.8. The zero-order valence-corrected chi connectivity index (χ0v) is 27.4. The molecule has 4 atom stereocenters. The Hall–Kier alpha value is -4.25. The number of hydrogen-bond donors (Lipinski definition) is 4. The highest BCUT2D eigenvalue weighted by Crippen LogP contribution is 2.18. The molecule has 2 heterocycles. The van der Waals surface area contributed by atoms with E-state index in [0.29, 0.717) is 25.9 Å². The van der Waals surface area contributed by atoms with Crippen molar-refractivity contribution >= 4 is 29.5 Å². The summed E-state index contributed by atoms with van der Waals surface area (Å²) in [5.41, 5.74) is 3.31. The average Bonchev–Trinajstić information content (AvgIpc) is 3.03. The molecule has 4 N–H and O–H groups in total. The first-order chi connectivity index (χ1) is 22.0. The molecule has 11 nitrogen and oxygen atoms in total.